The van der Waals surface area contributed by atoms with E-state index in [0.717, 1.165) is 6.07 Å². The maximum Gasteiger partial charge on any atom is 0.345 e. The van der Waals surface area contributed by atoms with Gasteiger partial charge in [0.15, 0.2) is 0 Å². The Bertz CT molecular complexity index is 493. The summed E-state index contributed by atoms with van der Waals surface area (Å²) in [5.41, 5.74) is -1.04. The van der Waals surface area contributed by atoms with Crippen molar-refractivity contribution in [1.29, 1.82) is 0 Å². The molecule has 0 bridgehead atoms. The van der Waals surface area contributed by atoms with Gasteiger partial charge in [0.1, 0.15) is 11.3 Å². The predicted octanol–water partition coefficient (Wildman–Crippen LogP) is 2.12. The van der Waals surface area contributed by atoms with Crippen LogP contribution in [0.2, 0.25) is 0 Å². The molecule has 0 aliphatic heterocycles. The van der Waals surface area contributed by atoms with Gasteiger partial charge in [-0.15, -0.1) is 0 Å². The lowest BCUT2D eigenvalue weighted by Gasteiger charge is -2.20. The third kappa shape index (κ3) is 2.91. The van der Waals surface area contributed by atoms with E-state index in [1.165, 1.54) is 7.11 Å². The van der Waals surface area contributed by atoms with Gasteiger partial charge >= 0.3 is 5.97 Å². The molecule has 1 heterocycles. The van der Waals surface area contributed by atoms with Crippen LogP contribution in [0.1, 0.15) is 43.8 Å². The van der Waals surface area contributed by atoms with Crippen molar-refractivity contribution in [3.63, 3.8) is 0 Å². The van der Waals surface area contributed by atoms with Crippen LogP contribution < -0.4 is 10.2 Å². The van der Waals surface area contributed by atoms with Gasteiger partial charge in [0, 0.05) is 5.41 Å². The van der Waals surface area contributed by atoms with E-state index >= 15 is 0 Å². The third-order valence-electron chi connectivity index (χ3n) is 2.28. The molecule has 0 amide bonds. The predicted molar refractivity (Wildman–Crippen MR) is 66.2 cm³/mol. The third-order valence-corrected chi connectivity index (χ3v) is 2.28. The summed E-state index contributed by atoms with van der Waals surface area (Å²) in [5.74, 6) is -0.317. The van der Waals surface area contributed by atoms with Crippen molar-refractivity contribution in [3.8, 4) is 5.95 Å². The molecule has 0 aromatic carbocycles. The summed E-state index contributed by atoms with van der Waals surface area (Å²) in [7, 11) is 1.23. The molecule has 0 saturated heterocycles. The molecule has 0 spiro atoms. The Morgan fingerprint density at radius 2 is 2.00 bits per heavy atom. The molecule has 100 valence electrons. The fourth-order valence-electron chi connectivity index (χ4n) is 1.51. The Morgan fingerprint density at radius 3 is 2.44 bits per heavy atom. The van der Waals surface area contributed by atoms with E-state index in [2.05, 4.69) is 4.74 Å². The second kappa shape index (κ2) is 5.25. The highest BCUT2D eigenvalue weighted by atomic mass is 16.6. The quantitative estimate of drug-likeness (QED) is 0.773. The summed E-state index contributed by atoms with van der Waals surface area (Å²) in [6, 6.07) is 1.16. The van der Waals surface area contributed by atoms with Crippen LogP contribution in [-0.2, 0) is 10.2 Å². The Morgan fingerprint density at radius 1 is 1.39 bits per heavy atom. The van der Waals surface area contributed by atoms with Gasteiger partial charge in [0.2, 0.25) is 5.43 Å². The van der Waals surface area contributed by atoms with Crippen LogP contribution >= 0.6 is 0 Å². The molecule has 5 nitrogen and oxygen atoms in total. The first-order valence-electron chi connectivity index (χ1n) is 5.71. The van der Waals surface area contributed by atoms with Crippen LogP contribution in [-0.4, -0.2) is 19.7 Å². The van der Waals surface area contributed by atoms with E-state index < -0.39 is 16.8 Å². The highest BCUT2D eigenvalue weighted by Crippen LogP contribution is 2.27. The van der Waals surface area contributed by atoms with Crippen molar-refractivity contribution in [1.82, 2.24) is 0 Å². The fourth-order valence-corrected chi connectivity index (χ4v) is 1.51. The van der Waals surface area contributed by atoms with Gasteiger partial charge in [0.05, 0.1) is 19.8 Å². The molecule has 1 rings (SSSR count). The summed E-state index contributed by atoms with van der Waals surface area (Å²) in [4.78, 5) is 23.6. The lowest BCUT2D eigenvalue weighted by atomic mass is 9.89. The van der Waals surface area contributed by atoms with E-state index in [1.54, 1.807) is 6.92 Å². The maximum atomic E-state index is 11.9. The standard InChI is InChI=1S/C13H18O5/c1-6-17-9-7-8(14)10(12(15)16-5)11(18-9)13(2,3)4/h7H,6H2,1-5H3. The molecule has 0 N–H and O–H groups in total. The monoisotopic (exact) mass is 254 g/mol. The van der Waals surface area contributed by atoms with Crippen molar-refractivity contribution in [3.05, 3.63) is 27.6 Å². The maximum absolute atomic E-state index is 11.9. The number of esters is 1. The van der Waals surface area contributed by atoms with Gasteiger partial charge in [0.25, 0.3) is 5.95 Å². The SMILES string of the molecule is CCOc1cc(=O)c(C(=O)OC)c(C(C)(C)C)o1. The number of methoxy groups -OCH3 is 1. The zero-order valence-electron chi connectivity index (χ0n) is 11.3. The van der Waals surface area contributed by atoms with E-state index in [1.807, 2.05) is 20.8 Å². The number of hydrogen-bond acceptors (Lipinski definition) is 5. The smallest absolute Gasteiger partial charge is 0.345 e. The Balaban J connectivity index is 3.50. The number of rotatable bonds is 3. The topological polar surface area (TPSA) is 65.7 Å². The average molecular weight is 254 g/mol. The van der Waals surface area contributed by atoms with Crippen LogP contribution in [0, 0.1) is 0 Å². The molecular weight excluding hydrogens is 236 g/mol. The molecule has 1 aromatic rings. The Labute approximate surface area is 106 Å². The summed E-state index contributed by atoms with van der Waals surface area (Å²) in [6.45, 7) is 7.68. The molecule has 1 aromatic heterocycles. The van der Waals surface area contributed by atoms with E-state index in [-0.39, 0.29) is 17.3 Å². The molecule has 0 unspecified atom stereocenters. The molecule has 0 atom stereocenters. The van der Waals surface area contributed by atoms with Crippen molar-refractivity contribution in [2.75, 3.05) is 13.7 Å². The van der Waals surface area contributed by atoms with Gasteiger partial charge in [-0.25, -0.2) is 4.79 Å². The molecular formula is C13H18O5. The Hall–Kier alpha value is -1.78. The summed E-state index contributed by atoms with van der Waals surface area (Å²) >= 11 is 0. The minimum Gasteiger partial charge on any atom is -0.465 e. The van der Waals surface area contributed by atoms with Crippen molar-refractivity contribution in [2.45, 2.75) is 33.1 Å². The van der Waals surface area contributed by atoms with Gasteiger partial charge < -0.3 is 13.9 Å². The van der Waals surface area contributed by atoms with E-state index in [4.69, 9.17) is 9.15 Å². The number of carbonyl (C=O) groups excluding carboxylic acids is 1. The molecule has 0 saturated carbocycles. The Kier molecular flexibility index (Phi) is 4.16. The number of hydrogen-bond donors (Lipinski definition) is 0. The minimum atomic E-state index is -0.697. The second-order valence-corrected chi connectivity index (χ2v) is 4.81. The molecule has 0 aliphatic rings. The normalized spacial score (nSPS) is 11.2. The second-order valence-electron chi connectivity index (χ2n) is 4.81. The van der Waals surface area contributed by atoms with Crippen LogP contribution in [0.25, 0.3) is 0 Å². The van der Waals surface area contributed by atoms with Crippen LogP contribution in [0.5, 0.6) is 5.95 Å². The summed E-state index contributed by atoms with van der Waals surface area (Å²) in [6.07, 6.45) is 0. The van der Waals surface area contributed by atoms with Crippen LogP contribution in [0.15, 0.2) is 15.3 Å². The largest absolute Gasteiger partial charge is 0.465 e. The summed E-state index contributed by atoms with van der Waals surface area (Å²) in [5, 5.41) is 0. The highest BCUT2D eigenvalue weighted by molar-refractivity contribution is 5.90. The van der Waals surface area contributed by atoms with Crippen LogP contribution in [0.3, 0.4) is 0 Å². The fraction of sp³-hybridized carbons (Fsp3) is 0.538. The van der Waals surface area contributed by atoms with Crippen molar-refractivity contribution in [2.24, 2.45) is 0 Å². The summed E-state index contributed by atoms with van der Waals surface area (Å²) < 4.78 is 15.3. The molecule has 0 fully saturated rings. The first-order valence-corrected chi connectivity index (χ1v) is 5.71. The first-order chi connectivity index (χ1) is 8.31. The molecule has 5 heteroatoms. The van der Waals surface area contributed by atoms with Crippen molar-refractivity contribution >= 4 is 5.97 Å². The average Bonchev–Trinajstić information content (AvgIpc) is 2.26. The zero-order valence-corrected chi connectivity index (χ0v) is 11.3. The van der Waals surface area contributed by atoms with Crippen molar-refractivity contribution < 1.29 is 18.7 Å². The zero-order chi connectivity index (χ0) is 13.9. The number of carbonyl (C=O) groups is 1. The molecule has 0 radical (unpaired) electrons. The minimum absolute atomic E-state index is 0.0755. The van der Waals surface area contributed by atoms with Gasteiger partial charge in [-0.1, -0.05) is 20.8 Å². The van der Waals surface area contributed by atoms with Gasteiger partial charge in [-0.3, -0.25) is 4.79 Å². The van der Waals surface area contributed by atoms with Crippen LogP contribution in [0.4, 0.5) is 0 Å². The molecule has 0 aliphatic carbocycles. The lowest BCUT2D eigenvalue weighted by molar-refractivity contribution is 0.0589. The van der Waals surface area contributed by atoms with Gasteiger partial charge in [-0.2, -0.15) is 0 Å². The first kappa shape index (κ1) is 14.3. The highest BCUT2D eigenvalue weighted by Gasteiger charge is 2.29. The lowest BCUT2D eigenvalue weighted by Crippen LogP contribution is -2.25. The van der Waals surface area contributed by atoms with E-state index in [0.29, 0.717) is 6.61 Å². The van der Waals surface area contributed by atoms with E-state index in [9.17, 15) is 9.59 Å². The molecule has 18 heavy (non-hydrogen) atoms. The number of ether oxygens (including phenoxy) is 2. The van der Waals surface area contributed by atoms with Gasteiger partial charge in [-0.05, 0) is 6.92 Å².